The first-order valence-corrected chi connectivity index (χ1v) is 7.71. The Morgan fingerprint density at radius 3 is 2.00 bits per heavy atom. The molecule has 0 spiro atoms. The summed E-state index contributed by atoms with van der Waals surface area (Å²) in [5.74, 6) is 0.889. The Hall–Kier alpha value is -1.80. The van der Waals surface area contributed by atoms with Crippen LogP contribution < -0.4 is 5.32 Å². The topological polar surface area (TPSA) is 32.3 Å². The average molecular weight is 283 g/mol. The summed E-state index contributed by atoms with van der Waals surface area (Å²) in [5, 5.41) is 13.3. The Morgan fingerprint density at radius 2 is 1.48 bits per heavy atom. The molecule has 2 unspecified atom stereocenters. The van der Waals surface area contributed by atoms with E-state index in [0.717, 1.165) is 6.42 Å². The third kappa shape index (κ3) is 4.08. The molecule has 0 aromatic heterocycles. The van der Waals surface area contributed by atoms with Gasteiger partial charge in [0.2, 0.25) is 0 Å². The number of phenols is 1. The van der Waals surface area contributed by atoms with Gasteiger partial charge in [-0.1, -0.05) is 63.2 Å². The van der Waals surface area contributed by atoms with Crippen LogP contribution >= 0.6 is 0 Å². The van der Waals surface area contributed by atoms with Gasteiger partial charge in [-0.2, -0.15) is 0 Å². The van der Waals surface area contributed by atoms with Crippen molar-refractivity contribution in [3.63, 3.8) is 0 Å². The highest BCUT2D eigenvalue weighted by atomic mass is 16.3. The third-order valence-corrected chi connectivity index (χ3v) is 3.98. The molecule has 0 bridgehead atoms. The summed E-state index contributed by atoms with van der Waals surface area (Å²) in [6.45, 7) is 6.72. The lowest BCUT2D eigenvalue weighted by Gasteiger charge is -2.28. The zero-order valence-corrected chi connectivity index (χ0v) is 13.1. The fourth-order valence-electron chi connectivity index (χ4n) is 2.69. The highest BCUT2D eigenvalue weighted by Gasteiger charge is 2.19. The summed E-state index contributed by atoms with van der Waals surface area (Å²) in [7, 11) is 0. The van der Waals surface area contributed by atoms with Gasteiger partial charge in [-0.15, -0.1) is 0 Å². The zero-order valence-electron chi connectivity index (χ0n) is 13.1. The quantitative estimate of drug-likeness (QED) is 0.817. The second-order valence-corrected chi connectivity index (χ2v) is 5.86. The van der Waals surface area contributed by atoms with Crippen molar-refractivity contribution in [2.24, 2.45) is 5.92 Å². The Balaban J connectivity index is 2.33. The summed E-state index contributed by atoms with van der Waals surface area (Å²) in [5.41, 5.74) is 2.43. The molecule has 0 amide bonds. The van der Waals surface area contributed by atoms with Gasteiger partial charge >= 0.3 is 0 Å². The Kier molecular flexibility index (Phi) is 5.40. The van der Waals surface area contributed by atoms with E-state index in [2.05, 4.69) is 50.4 Å². The second kappa shape index (κ2) is 7.28. The van der Waals surface area contributed by atoms with Crippen LogP contribution in [0.25, 0.3) is 0 Å². The summed E-state index contributed by atoms with van der Waals surface area (Å²) in [6.07, 6.45) is 1.10. The van der Waals surface area contributed by atoms with Crippen molar-refractivity contribution in [3.8, 4) is 5.75 Å². The minimum Gasteiger partial charge on any atom is -0.508 e. The molecule has 2 N–H and O–H groups in total. The molecule has 2 rings (SSSR count). The summed E-state index contributed by atoms with van der Waals surface area (Å²) in [4.78, 5) is 0. The lowest BCUT2D eigenvalue weighted by Crippen LogP contribution is -2.36. The molecule has 0 aliphatic carbocycles. The van der Waals surface area contributed by atoms with Crippen molar-refractivity contribution in [2.75, 3.05) is 0 Å². The number of phenolic OH excluding ortho intramolecular Hbond substituents is 1. The van der Waals surface area contributed by atoms with E-state index in [-0.39, 0.29) is 6.04 Å². The number of benzene rings is 2. The maximum atomic E-state index is 9.50. The second-order valence-electron chi connectivity index (χ2n) is 5.86. The van der Waals surface area contributed by atoms with E-state index < -0.39 is 0 Å². The summed E-state index contributed by atoms with van der Waals surface area (Å²) >= 11 is 0. The van der Waals surface area contributed by atoms with Crippen LogP contribution in [0.3, 0.4) is 0 Å². The Morgan fingerprint density at radius 1 is 0.905 bits per heavy atom. The molecule has 2 atom stereocenters. The van der Waals surface area contributed by atoms with E-state index in [1.54, 1.807) is 12.1 Å². The smallest absolute Gasteiger partial charge is 0.115 e. The van der Waals surface area contributed by atoms with Crippen molar-refractivity contribution < 1.29 is 5.11 Å². The first kappa shape index (κ1) is 15.6. The van der Waals surface area contributed by atoms with Gasteiger partial charge in [0.25, 0.3) is 0 Å². The fraction of sp³-hybridized carbons (Fsp3) is 0.368. The van der Waals surface area contributed by atoms with Crippen molar-refractivity contribution in [3.05, 3.63) is 65.7 Å². The average Bonchev–Trinajstić information content (AvgIpc) is 2.50. The van der Waals surface area contributed by atoms with E-state index in [1.165, 1.54) is 11.1 Å². The van der Waals surface area contributed by atoms with Crippen LogP contribution in [-0.4, -0.2) is 11.1 Å². The predicted octanol–water partition coefficient (Wildman–Crippen LogP) is 4.51. The molecule has 0 aliphatic heterocycles. The monoisotopic (exact) mass is 283 g/mol. The minimum absolute atomic E-state index is 0.152. The number of nitrogens with one attached hydrogen (secondary N) is 1. The van der Waals surface area contributed by atoms with E-state index in [0.29, 0.717) is 17.7 Å². The van der Waals surface area contributed by atoms with Crippen LogP contribution in [-0.2, 0) is 0 Å². The van der Waals surface area contributed by atoms with Crippen LogP contribution in [0.5, 0.6) is 5.75 Å². The van der Waals surface area contributed by atoms with E-state index in [9.17, 15) is 5.11 Å². The molecule has 2 nitrogen and oxygen atoms in total. The molecule has 2 aromatic carbocycles. The van der Waals surface area contributed by atoms with Gasteiger partial charge in [0.1, 0.15) is 5.75 Å². The molecule has 21 heavy (non-hydrogen) atoms. The molecular formula is C19H25NO. The predicted molar refractivity (Wildman–Crippen MR) is 88.4 cm³/mol. The number of hydrogen-bond donors (Lipinski definition) is 2. The fourth-order valence-corrected chi connectivity index (χ4v) is 2.69. The molecule has 2 heteroatoms. The molecular weight excluding hydrogens is 258 g/mol. The highest BCUT2D eigenvalue weighted by molar-refractivity contribution is 5.35. The standard InChI is InChI=1S/C19H25NO/c1-4-18(14(2)3)20-19(15-8-6-5-7-9-15)16-10-12-17(21)13-11-16/h5-14,18-21H,4H2,1-3H3. The SMILES string of the molecule is CCC(NC(c1ccccc1)c1ccc(O)cc1)C(C)C. The molecule has 0 saturated carbocycles. The van der Waals surface area contributed by atoms with Crippen molar-refractivity contribution in [1.82, 2.24) is 5.32 Å². The maximum Gasteiger partial charge on any atom is 0.115 e. The largest absolute Gasteiger partial charge is 0.508 e. The lowest BCUT2D eigenvalue weighted by molar-refractivity contribution is 0.365. The molecule has 0 fully saturated rings. The normalized spacial score (nSPS) is 14.1. The number of hydrogen-bond acceptors (Lipinski definition) is 2. The van der Waals surface area contributed by atoms with Crippen LogP contribution in [0.15, 0.2) is 54.6 Å². The van der Waals surface area contributed by atoms with E-state index in [4.69, 9.17) is 0 Å². The molecule has 112 valence electrons. The molecule has 0 radical (unpaired) electrons. The van der Waals surface area contributed by atoms with E-state index in [1.807, 2.05) is 18.2 Å². The lowest BCUT2D eigenvalue weighted by atomic mass is 9.94. The van der Waals surface area contributed by atoms with Gasteiger partial charge in [-0.05, 0) is 35.6 Å². The van der Waals surface area contributed by atoms with Crippen LogP contribution in [0, 0.1) is 5.92 Å². The van der Waals surface area contributed by atoms with Crippen molar-refractivity contribution in [2.45, 2.75) is 39.3 Å². The summed E-state index contributed by atoms with van der Waals surface area (Å²) < 4.78 is 0. The van der Waals surface area contributed by atoms with Gasteiger partial charge in [0, 0.05) is 6.04 Å². The Labute approximate surface area is 127 Å². The van der Waals surface area contributed by atoms with Crippen LogP contribution in [0.4, 0.5) is 0 Å². The molecule has 0 saturated heterocycles. The number of aromatic hydroxyl groups is 1. The maximum absolute atomic E-state index is 9.50. The molecule has 2 aromatic rings. The van der Waals surface area contributed by atoms with E-state index >= 15 is 0 Å². The third-order valence-electron chi connectivity index (χ3n) is 3.98. The first-order valence-electron chi connectivity index (χ1n) is 7.71. The van der Waals surface area contributed by atoms with Gasteiger partial charge in [0.05, 0.1) is 6.04 Å². The van der Waals surface area contributed by atoms with Gasteiger partial charge in [0.15, 0.2) is 0 Å². The molecule has 0 aliphatic rings. The van der Waals surface area contributed by atoms with Crippen molar-refractivity contribution >= 4 is 0 Å². The van der Waals surface area contributed by atoms with Gasteiger partial charge in [-0.3, -0.25) is 0 Å². The Bertz CT molecular complexity index is 533. The highest BCUT2D eigenvalue weighted by Crippen LogP contribution is 2.25. The van der Waals surface area contributed by atoms with Crippen LogP contribution in [0.1, 0.15) is 44.4 Å². The van der Waals surface area contributed by atoms with Crippen LogP contribution in [0.2, 0.25) is 0 Å². The number of rotatable bonds is 6. The molecule has 0 heterocycles. The van der Waals surface area contributed by atoms with Gasteiger partial charge in [-0.25, -0.2) is 0 Å². The van der Waals surface area contributed by atoms with Gasteiger partial charge < -0.3 is 10.4 Å². The van der Waals surface area contributed by atoms with Crippen molar-refractivity contribution in [1.29, 1.82) is 0 Å². The summed E-state index contributed by atoms with van der Waals surface area (Å²) in [6, 6.07) is 18.6. The zero-order chi connectivity index (χ0) is 15.2. The minimum atomic E-state index is 0.152. The first-order chi connectivity index (χ1) is 10.1.